The molecular formula is C17H15Cl2F. The quantitative estimate of drug-likeness (QED) is 0.637. The minimum Gasteiger partial charge on any atom is -0.207 e. The van der Waals surface area contributed by atoms with E-state index >= 15 is 0 Å². The number of rotatable bonds is 2. The highest BCUT2D eigenvalue weighted by Gasteiger charge is 2.28. The molecule has 2 unspecified atom stereocenters. The van der Waals surface area contributed by atoms with Crippen LogP contribution in [0.1, 0.15) is 28.5 Å². The Balaban J connectivity index is 1.84. The molecule has 0 amide bonds. The van der Waals surface area contributed by atoms with Crippen molar-refractivity contribution in [2.75, 3.05) is 0 Å². The molecule has 0 aliphatic heterocycles. The largest absolute Gasteiger partial charge is 0.207 e. The highest BCUT2D eigenvalue weighted by atomic mass is 35.5. The summed E-state index contributed by atoms with van der Waals surface area (Å²) in [5.74, 6) is 0.0525. The first-order valence-electron chi connectivity index (χ1n) is 6.81. The van der Waals surface area contributed by atoms with E-state index < -0.39 is 0 Å². The SMILES string of the molecule is Fc1ccc(Cl)cc1CC1CCc2ccccc2C1Cl. The van der Waals surface area contributed by atoms with Crippen LogP contribution in [0, 0.1) is 11.7 Å². The van der Waals surface area contributed by atoms with Gasteiger partial charge in [-0.2, -0.15) is 0 Å². The summed E-state index contributed by atoms with van der Waals surface area (Å²) < 4.78 is 13.8. The van der Waals surface area contributed by atoms with Crippen LogP contribution in [0.4, 0.5) is 4.39 Å². The third-order valence-corrected chi connectivity index (χ3v) is 4.87. The van der Waals surface area contributed by atoms with Gasteiger partial charge in [0.2, 0.25) is 0 Å². The Bertz CT molecular complexity index is 624. The Hall–Kier alpha value is -1.05. The summed E-state index contributed by atoms with van der Waals surface area (Å²) in [6.45, 7) is 0. The molecule has 0 fully saturated rings. The molecule has 0 heterocycles. The van der Waals surface area contributed by atoms with Crippen molar-refractivity contribution in [2.45, 2.75) is 24.6 Å². The van der Waals surface area contributed by atoms with Crippen LogP contribution in [0.15, 0.2) is 42.5 Å². The second-order valence-corrected chi connectivity index (χ2v) is 6.25. The van der Waals surface area contributed by atoms with E-state index in [4.69, 9.17) is 23.2 Å². The van der Waals surface area contributed by atoms with Gasteiger partial charge in [0.15, 0.2) is 0 Å². The second kappa shape index (κ2) is 5.75. The summed E-state index contributed by atoms with van der Waals surface area (Å²) in [6, 6.07) is 13.0. The monoisotopic (exact) mass is 308 g/mol. The first-order valence-corrected chi connectivity index (χ1v) is 7.62. The van der Waals surface area contributed by atoms with E-state index in [9.17, 15) is 4.39 Å². The summed E-state index contributed by atoms with van der Waals surface area (Å²) in [5.41, 5.74) is 3.16. The summed E-state index contributed by atoms with van der Waals surface area (Å²) in [5, 5.41) is 0.516. The van der Waals surface area contributed by atoms with Gasteiger partial charge in [0.05, 0.1) is 5.38 Å². The van der Waals surface area contributed by atoms with Crippen LogP contribution < -0.4 is 0 Å². The van der Waals surface area contributed by atoms with Crippen molar-refractivity contribution >= 4 is 23.2 Å². The van der Waals surface area contributed by atoms with Gasteiger partial charge < -0.3 is 0 Å². The van der Waals surface area contributed by atoms with Gasteiger partial charge in [-0.3, -0.25) is 0 Å². The fraction of sp³-hybridized carbons (Fsp3) is 0.294. The van der Waals surface area contributed by atoms with Gasteiger partial charge in [-0.25, -0.2) is 4.39 Å². The Kier molecular flexibility index (Phi) is 4.00. The molecule has 1 aliphatic rings. The van der Waals surface area contributed by atoms with Crippen LogP contribution in [0.25, 0.3) is 0 Å². The first kappa shape index (κ1) is 13.9. The maximum atomic E-state index is 13.8. The Labute approximate surface area is 128 Å². The van der Waals surface area contributed by atoms with Crippen molar-refractivity contribution in [3.8, 4) is 0 Å². The van der Waals surface area contributed by atoms with Gasteiger partial charge in [-0.05, 0) is 60.1 Å². The molecule has 1 aliphatic carbocycles. The summed E-state index contributed by atoms with van der Waals surface area (Å²) >= 11 is 12.6. The smallest absolute Gasteiger partial charge is 0.126 e. The van der Waals surface area contributed by atoms with Crippen LogP contribution in [0.3, 0.4) is 0 Å². The highest BCUT2D eigenvalue weighted by Crippen LogP contribution is 2.41. The zero-order chi connectivity index (χ0) is 14.1. The average Bonchev–Trinajstić information content (AvgIpc) is 2.46. The average molecular weight is 309 g/mol. The lowest BCUT2D eigenvalue weighted by Gasteiger charge is -2.29. The zero-order valence-electron chi connectivity index (χ0n) is 11.0. The number of halogens is 3. The topological polar surface area (TPSA) is 0 Å². The highest BCUT2D eigenvalue weighted by molar-refractivity contribution is 6.30. The van der Waals surface area contributed by atoms with Crippen LogP contribution in [-0.2, 0) is 12.8 Å². The molecule has 104 valence electrons. The van der Waals surface area contributed by atoms with E-state index in [1.54, 1.807) is 12.1 Å². The number of hydrogen-bond donors (Lipinski definition) is 0. The van der Waals surface area contributed by atoms with E-state index in [0.717, 1.165) is 12.8 Å². The second-order valence-electron chi connectivity index (χ2n) is 5.34. The molecule has 0 nitrogen and oxygen atoms in total. The fourth-order valence-corrected chi connectivity index (χ4v) is 3.58. The van der Waals surface area contributed by atoms with Crippen molar-refractivity contribution in [3.05, 3.63) is 70.0 Å². The predicted molar refractivity (Wildman–Crippen MR) is 82.0 cm³/mol. The number of alkyl halides is 1. The van der Waals surface area contributed by atoms with Crippen molar-refractivity contribution in [3.63, 3.8) is 0 Å². The molecule has 0 aromatic heterocycles. The third kappa shape index (κ3) is 2.70. The van der Waals surface area contributed by atoms with Gasteiger partial charge in [-0.1, -0.05) is 35.9 Å². The summed E-state index contributed by atoms with van der Waals surface area (Å²) in [7, 11) is 0. The lowest BCUT2D eigenvalue weighted by molar-refractivity contribution is 0.433. The van der Waals surface area contributed by atoms with E-state index in [1.807, 2.05) is 12.1 Å². The molecule has 3 heteroatoms. The Morgan fingerprint density at radius 2 is 1.95 bits per heavy atom. The van der Waals surface area contributed by atoms with Crippen LogP contribution in [-0.4, -0.2) is 0 Å². The van der Waals surface area contributed by atoms with E-state index in [2.05, 4.69) is 12.1 Å². The molecule has 0 radical (unpaired) electrons. The molecule has 0 spiro atoms. The number of hydrogen-bond acceptors (Lipinski definition) is 0. The minimum atomic E-state index is -0.197. The van der Waals surface area contributed by atoms with Gasteiger partial charge >= 0.3 is 0 Å². The summed E-state index contributed by atoms with van der Waals surface area (Å²) in [6.07, 6.45) is 2.62. The Morgan fingerprint density at radius 1 is 1.15 bits per heavy atom. The van der Waals surface area contributed by atoms with Crippen molar-refractivity contribution in [1.29, 1.82) is 0 Å². The minimum absolute atomic E-state index is 0.0571. The standard InChI is InChI=1S/C17H15Cl2F/c18-14-7-8-16(20)13(10-14)9-12-6-5-11-3-1-2-4-15(11)17(12)19/h1-4,7-8,10,12,17H,5-6,9H2. The molecule has 2 aromatic carbocycles. The van der Waals surface area contributed by atoms with Crippen LogP contribution >= 0.6 is 23.2 Å². The lowest BCUT2D eigenvalue weighted by Crippen LogP contribution is -2.19. The Morgan fingerprint density at radius 3 is 2.80 bits per heavy atom. The van der Waals surface area contributed by atoms with E-state index in [-0.39, 0.29) is 17.1 Å². The molecule has 20 heavy (non-hydrogen) atoms. The van der Waals surface area contributed by atoms with Crippen LogP contribution in [0.2, 0.25) is 5.02 Å². The molecule has 0 N–H and O–H groups in total. The van der Waals surface area contributed by atoms with Crippen molar-refractivity contribution in [1.82, 2.24) is 0 Å². The number of aryl methyl sites for hydroxylation is 1. The maximum Gasteiger partial charge on any atom is 0.126 e. The molecule has 0 bridgehead atoms. The van der Waals surface area contributed by atoms with E-state index in [1.165, 1.54) is 17.2 Å². The van der Waals surface area contributed by atoms with Crippen molar-refractivity contribution < 1.29 is 4.39 Å². The van der Waals surface area contributed by atoms with Gasteiger partial charge in [-0.15, -0.1) is 11.6 Å². The van der Waals surface area contributed by atoms with Gasteiger partial charge in [0, 0.05) is 5.02 Å². The van der Waals surface area contributed by atoms with Crippen molar-refractivity contribution in [2.24, 2.45) is 5.92 Å². The predicted octanol–water partition coefficient (Wildman–Crippen LogP) is 5.56. The lowest BCUT2D eigenvalue weighted by atomic mass is 9.80. The molecule has 2 aromatic rings. The first-order chi connectivity index (χ1) is 9.65. The fourth-order valence-electron chi connectivity index (χ4n) is 2.96. The van der Waals surface area contributed by atoms with E-state index in [0.29, 0.717) is 17.0 Å². The molecule has 0 saturated carbocycles. The normalized spacial score (nSPS) is 21.6. The number of fused-ring (bicyclic) bond motifs is 1. The van der Waals surface area contributed by atoms with Crippen LogP contribution in [0.5, 0.6) is 0 Å². The zero-order valence-corrected chi connectivity index (χ0v) is 12.5. The van der Waals surface area contributed by atoms with Gasteiger partial charge in [0.25, 0.3) is 0 Å². The summed E-state index contributed by atoms with van der Waals surface area (Å²) in [4.78, 5) is 0. The molecule has 0 saturated heterocycles. The number of benzene rings is 2. The molecule has 3 rings (SSSR count). The molecule has 2 atom stereocenters. The van der Waals surface area contributed by atoms with Gasteiger partial charge in [0.1, 0.15) is 5.82 Å². The molecular weight excluding hydrogens is 294 g/mol. The maximum absolute atomic E-state index is 13.8. The third-order valence-electron chi connectivity index (χ3n) is 4.04.